The summed E-state index contributed by atoms with van der Waals surface area (Å²) >= 11 is 0. The lowest BCUT2D eigenvalue weighted by atomic mass is 9.95. The Morgan fingerprint density at radius 1 is 1.55 bits per heavy atom. The van der Waals surface area contributed by atoms with Crippen molar-refractivity contribution < 1.29 is 9.53 Å². The van der Waals surface area contributed by atoms with Crippen LogP contribution in [-0.4, -0.2) is 24.2 Å². The molecule has 62 valence electrons. The molecule has 0 aromatic rings. The highest BCUT2D eigenvalue weighted by Crippen LogP contribution is 2.34. The molecule has 2 fully saturated rings. The highest BCUT2D eigenvalue weighted by molar-refractivity contribution is 5.73. The molecule has 1 N–H and O–H groups in total. The van der Waals surface area contributed by atoms with Crippen LogP contribution in [0.15, 0.2) is 0 Å². The van der Waals surface area contributed by atoms with Gasteiger partial charge in [0.2, 0.25) is 5.91 Å². The standard InChI is InChI=1S/C8H13NO2/c1-5(10)9-7-4-6-2-3-8(7)11-6/h6-8H,2-4H2,1H3,(H,9,10)/t6?,7-,8?/m0/s1. The first-order chi connectivity index (χ1) is 5.25. The molecular weight excluding hydrogens is 142 g/mol. The average molecular weight is 155 g/mol. The van der Waals surface area contributed by atoms with Gasteiger partial charge in [-0.05, 0) is 19.3 Å². The van der Waals surface area contributed by atoms with E-state index >= 15 is 0 Å². The second-order valence-corrected chi connectivity index (χ2v) is 3.42. The zero-order valence-electron chi connectivity index (χ0n) is 6.67. The van der Waals surface area contributed by atoms with Crippen LogP contribution in [0.2, 0.25) is 0 Å². The van der Waals surface area contributed by atoms with Crippen LogP contribution < -0.4 is 5.32 Å². The van der Waals surface area contributed by atoms with Gasteiger partial charge in [0.15, 0.2) is 0 Å². The van der Waals surface area contributed by atoms with E-state index in [1.165, 1.54) is 6.42 Å². The summed E-state index contributed by atoms with van der Waals surface area (Å²) in [6.45, 7) is 1.56. The maximum absolute atomic E-state index is 10.7. The maximum Gasteiger partial charge on any atom is 0.217 e. The first-order valence-electron chi connectivity index (χ1n) is 4.18. The monoisotopic (exact) mass is 155 g/mol. The lowest BCUT2D eigenvalue weighted by Gasteiger charge is -2.18. The summed E-state index contributed by atoms with van der Waals surface area (Å²) in [6, 6.07) is 0.297. The van der Waals surface area contributed by atoms with Gasteiger partial charge < -0.3 is 10.1 Å². The summed E-state index contributed by atoms with van der Waals surface area (Å²) in [4.78, 5) is 10.7. The van der Waals surface area contributed by atoms with Gasteiger partial charge in [-0.1, -0.05) is 0 Å². The van der Waals surface area contributed by atoms with Gasteiger partial charge in [-0.3, -0.25) is 4.79 Å². The van der Waals surface area contributed by atoms with Crippen molar-refractivity contribution in [1.29, 1.82) is 0 Å². The minimum absolute atomic E-state index is 0.0613. The average Bonchev–Trinajstić information content (AvgIpc) is 2.45. The van der Waals surface area contributed by atoms with Crippen molar-refractivity contribution >= 4 is 5.91 Å². The van der Waals surface area contributed by atoms with E-state index in [2.05, 4.69) is 5.32 Å². The number of amides is 1. The molecule has 0 spiro atoms. The molecule has 2 heterocycles. The molecule has 2 saturated heterocycles. The number of nitrogens with one attached hydrogen (secondary N) is 1. The predicted molar refractivity (Wildman–Crippen MR) is 40.1 cm³/mol. The largest absolute Gasteiger partial charge is 0.373 e. The van der Waals surface area contributed by atoms with Crippen LogP contribution >= 0.6 is 0 Å². The van der Waals surface area contributed by atoms with Gasteiger partial charge >= 0.3 is 0 Å². The normalized spacial score (nSPS) is 41.0. The van der Waals surface area contributed by atoms with Crippen molar-refractivity contribution in [2.45, 2.75) is 44.4 Å². The van der Waals surface area contributed by atoms with Crippen LogP contribution in [0.4, 0.5) is 0 Å². The van der Waals surface area contributed by atoms with Crippen LogP contribution in [-0.2, 0) is 9.53 Å². The highest BCUT2D eigenvalue weighted by atomic mass is 16.5. The smallest absolute Gasteiger partial charge is 0.217 e. The molecule has 0 radical (unpaired) electrons. The number of hydrogen-bond donors (Lipinski definition) is 1. The molecule has 2 bridgehead atoms. The zero-order valence-corrected chi connectivity index (χ0v) is 6.67. The van der Waals surface area contributed by atoms with E-state index in [1.807, 2.05) is 0 Å². The van der Waals surface area contributed by atoms with Crippen molar-refractivity contribution in [1.82, 2.24) is 5.32 Å². The second-order valence-electron chi connectivity index (χ2n) is 3.42. The summed E-state index contributed by atoms with van der Waals surface area (Å²) < 4.78 is 5.57. The number of carbonyl (C=O) groups is 1. The van der Waals surface area contributed by atoms with E-state index < -0.39 is 0 Å². The fourth-order valence-electron chi connectivity index (χ4n) is 2.05. The first kappa shape index (κ1) is 7.10. The predicted octanol–water partition coefficient (Wildman–Crippen LogP) is 0.442. The zero-order chi connectivity index (χ0) is 7.84. The number of hydrogen-bond acceptors (Lipinski definition) is 2. The first-order valence-corrected chi connectivity index (χ1v) is 4.18. The van der Waals surface area contributed by atoms with Crippen LogP contribution in [0.3, 0.4) is 0 Å². The van der Waals surface area contributed by atoms with Gasteiger partial charge in [-0.25, -0.2) is 0 Å². The van der Waals surface area contributed by atoms with E-state index in [-0.39, 0.29) is 5.91 Å². The van der Waals surface area contributed by atoms with Crippen molar-refractivity contribution in [3.63, 3.8) is 0 Å². The Balaban J connectivity index is 1.92. The molecule has 2 aliphatic rings. The third kappa shape index (κ3) is 1.25. The Bertz CT molecular complexity index is 181. The third-order valence-corrected chi connectivity index (χ3v) is 2.49. The van der Waals surface area contributed by atoms with Gasteiger partial charge in [0.1, 0.15) is 0 Å². The Morgan fingerprint density at radius 3 is 2.82 bits per heavy atom. The van der Waals surface area contributed by atoms with Crippen molar-refractivity contribution in [2.24, 2.45) is 0 Å². The van der Waals surface area contributed by atoms with E-state index in [0.717, 1.165) is 12.8 Å². The van der Waals surface area contributed by atoms with E-state index in [1.54, 1.807) is 6.92 Å². The molecule has 3 nitrogen and oxygen atoms in total. The maximum atomic E-state index is 10.7. The molecule has 0 aromatic carbocycles. The van der Waals surface area contributed by atoms with Gasteiger partial charge in [0.05, 0.1) is 18.2 Å². The second kappa shape index (κ2) is 2.48. The Hall–Kier alpha value is -0.570. The van der Waals surface area contributed by atoms with Crippen LogP contribution in [0.1, 0.15) is 26.2 Å². The molecule has 3 atom stereocenters. The molecule has 0 aliphatic carbocycles. The quantitative estimate of drug-likeness (QED) is 0.596. The lowest BCUT2D eigenvalue weighted by molar-refractivity contribution is -0.120. The summed E-state index contributed by atoms with van der Waals surface area (Å²) in [6.07, 6.45) is 4.06. The van der Waals surface area contributed by atoms with Crippen LogP contribution in [0, 0.1) is 0 Å². The topological polar surface area (TPSA) is 38.3 Å². The van der Waals surface area contributed by atoms with E-state index in [4.69, 9.17) is 4.74 Å². The van der Waals surface area contributed by atoms with E-state index in [9.17, 15) is 4.79 Å². The molecule has 2 rings (SSSR count). The molecule has 0 saturated carbocycles. The number of fused-ring (bicyclic) bond motifs is 2. The van der Waals surface area contributed by atoms with Crippen LogP contribution in [0.5, 0.6) is 0 Å². The third-order valence-electron chi connectivity index (χ3n) is 2.49. The SMILES string of the molecule is CC(=O)N[C@H]1CC2CCC1O2. The van der Waals surface area contributed by atoms with Crippen molar-refractivity contribution in [3.8, 4) is 0 Å². The molecule has 0 aromatic heterocycles. The van der Waals surface area contributed by atoms with Gasteiger partial charge in [0.25, 0.3) is 0 Å². The summed E-state index contributed by atoms with van der Waals surface area (Å²) in [7, 11) is 0. The van der Waals surface area contributed by atoms with Crippen molar-refractivity contribution in [3.05, 3.63) is 0 Å². The van der Waals surface area contributed by atoms with Gasteiger partial charge in [0, 0.05) is 6.92 Å². The fourth-order valence-corrected chi connectivity index (χ4v) is 2.05. The Labute approximate surface area is 66.1 Å². The molecule has 2 unspecified atom stereocenters. The number of carbonyl (C=O) groups excluding carboxylic acids is 1. The highest BCUT2D eigenvalue weighted by Gasteiger charge is 2.40. The molecular formula is C8H13NO2. The van der Waals surface area contributed by atoms with Gasteiger partial charge in [-0.2, -0.15) is 0 Å². The minimum Gasteiger partial charge on any atom is -0.373 e. The number of rotatable bonds is 1. The summed E-state index contributed by atoms with van der Waals surface area (Å²) in [5.41, 5.74) is 0. The summed E-state index contributed by atoms with van der Waals surface area (Å²) in [5, 5.41) is 2.91. The summed E-state index contributed by atoms with van der Waals surface area (Å²) in [5.74, 6) is 0.0613. The molecule has 3 heteroatoms. The minimum atomic E-state index is 0.0613. The molecule has 2 aliphatic heterocycles. The Morgan fingerprint density at radius 2 is 2.36 bits per heavy atom. The fraction of sp³-hybridized carbons (Fsp3) is 0.875. The lowest BCUT2D eigenvalue weighted by Crippen LogP contribution is -2.40. The van der Waals surface area contributed by atoms with Crippen molar-refractivity contribution in [2.75, 3.05) is 0 Å². The van der Waals surface area contributed by atoms with E-state index in [0.29, 0.717) is 18.2 Å². The van der Waals surface area contributed by atoms with Gasteiger partial charge in [-0.15, -0.1) is 0 Å². The molecule has 1 amide bonds. The van der Waals surface area contributed by atoms with Crippen LogP contribution in [0.25, 0.3) is 0 Å². The number of ether oxygens (including phenoxy) is 1. The molecule has 11 heavy (non-hydrogen) atoms. The Kier molecular flexibility index (Phi) is 1.60.